The van der Waals surface area contributed by atoms with Gasteiger partial charge in [0, 0.05) is 88.2 Å². The number of fused-ring (bicyclic) bond motifs is 2. The summed E-state index contributed by atoms with van der Waals surface area (Å²) in [7, 11) is 0. The van der Waals surface area contributed by atoms with Crippen LogP contribution in [0.5, 0.6) is 11.8 Å². The molecule has 8 rings (SSSR count). The maximum atomic E-state index is 13.7. The molecule has 4 aliphatic heterocycles. The molecular formula is C56H76F2N6O8. The van der Waals surface area contributed by atoms with Crippen molar-refractivity contribution in [2.24, 2.45) is 10.8 Å². The van der Waals surface area contributed by atoms with Crippen LogP contribution in [-0.2, 0) is 44.7 Å². The van der Waals surface area contributed by atoms with Crippen molar-refractivity contribution < 1.29 is 47.5 Å². The quantitative estimate of drug-likeness (QED) is 0.0678. The zero-order valence-corrected chi connectivity index (χ0v) is 43.3. The number of amides is 2. The number of hydrogen-bond acceptors (Lipinski definition) is 12. The van der Waals surface area contributed by atoms with Crippen molar-refractivity contribution in [3.8, 4) is 11.8 Å². The van der Waals surface area contributed by atoms with Crippen LogP contribution in [0.3, 0.4) is 0 Å². The van der Waals surface area contributed by atoms with E-state index in [2.05, 4.69) is 84.9 Å². The molecule has 0 saturated carbocycles. The molecule has 16 heteroatoms. The molecule has 0 aliphatic carbocycles. The van der Waals surface area contributed by atoms with Gasteiger partial charge in [-0.25, -0.2) is 18.7 Å². The Bertz CT molecular complexity index is 2300. The van der Waals surface area contributed by atoms with E-state index in [0.717, 1.165) is 47.9 Å². The lowest BCUT2D eigenvalue weighted by molar-refractivity contribution is -0.121. The number of rotatable bonds is 16. The van der Waals surface area contributed by atoms with Gasteiger partial charge in [-0.1, -0.05) is 65.8 Å². The number of carbonyl (C=O) groups is 2. The Morgan fingerprint density at radius 2 is 1.06 bits per heavy atom. The van der Waals surface area contributed by atoms with Crippen LogP contribution >= 0.6 is 0 Å². The van der Waals surface area contributed by atoms with Crippen molar-refractivity contribution in [2.75, 3.05) is 39.5 Å². The summed E-state index contributed by atoms with van der Waals surface area (Å²) >= 11 is 0. The predicted octanol–water partition coefficient (Wildman–Crippen LogP) is 6.98. The molecular weight excluding hydrogens is 923 g/mol. The fourth-order valence-corrected chi connectivity index (χ4v) is 10.3. The number of aliphatic hydroxyl groups is 2. The van der Waals surface area contributed by atoms with Gasteiger partial charge in [0.05, 0.1) is 50.7 Å². The second-order valence-electron chi connectivity index (χ2n) is 22.9. The lowest BCUT2D eigenvalue weighted by Gasteiger charge is -2.39. The number of pyridine rings is 2. The van der Waals surface area contributed by atoms with Gasteiger partial charge in [-0.3, -0.25) is 9.59 Å². The molecule has 392 valence electrons. The molecule has 14 nitrogen and oxygen atoms in total. The van der Waals surface area contributed by atoms with Crippen molar-refractivity contribution in [2.45, 2.75) is 154 Å². The highest BCUT2D eigenvalue weighted by Crippen LogP contribution is 2.44. The fraction of sp³-hybridized carbons (Fsp3) is 0.571. The minimum Gasteiger partial charge on any atom is -0.468 e. The number of halogens is 2. The zero-order chi connectivity index (χ0) is 51.8. The minimum absolute atomic E-state index is 0.0929. The van der Waals surface area contributed by atoms with Gasteiger partial charge in [-0.15, -0.1) is 0 Å². The van der Waals surface area contributed by atoms with E-state index in [4.69, 9.17) is 18.9 Å². The van der Waals surface area contributed by atoms with Crippen molar-refractivity contribution in [3.05, 3.63) is 118 Å². The fourth-order valence-electron chi connectivity index (χ4n) is 10.3. The van der Waals surface area contributed by atoms with Crippen LogP contribution in [0.2, 0.25) is 0 Å². The summed E-state index contributed by atoms with van der Waals surface area (Å²) < 4.78 is 51.5. The highest BCUT2D eigenvalue weighted by atomic mass is 19.1. The first-order valence-corrected chi connectivity index (χ1v) is 25.4. The van der Waals surface area contributed by atoms with Crippen LogP contribution in [0.15, 0.2) is 73.1 Å². The summed E-state index contributed by atoms with van der Waals surface area (Å²) in [6, 6.07) is 15.4. The third-order valence-corrected chi connectivity index (χ3v) is 13.5. The second kappa shape index (κ2) is 23.4. The summed E-state index contributed by atoms with van der Waals surface area (Å²) in [5.41, 5.74) is 5.01. The number of aliphatic hydroxyl groups excluding tert-OH is 2. The minimum atomic E-state index is -0.884. The van der Waals surface area contributed by atoms with Crippen LogP contribution in [0, 0.1) is 22.5 Å². The van der Waals surface area contributed by atoms with Crippen LogP contribution in [0.25, 0.3) is 0 Å². The zero-order valence-electron chi connectivity index (χ0n) is 43.3. The van der Waals surface area contributed by atoms with E-state index in [1.165, 1.54) is 38.1 Å². The van der Waals surface area contributed by atoms with Crippen LogP contribution < -0.4 is 30.7 Å². The third-order valence-electron chi connectivity index (χ3n) is 13.5. The van der Waals surface area contributed by atoms with Crippen LogP contribution in [-0.4, -0.2) is 107 Å². The Kier molecular flexibility index (Phi) is 17.8. The van der Waals surface area contributed by atoms with Gasteiger partial charge in [0.1, 0.15) is 22.8 Å². The molecule has 0 radical (unpaired) electrons. The lowest BCUT2D eigenvalue weighted by atomic mass is 9.85. The number of carbonyl (C=O) groups excluding carboxylic acids is 2. The predicted molar refractivity (Wildman–Crippen MR) is 271 cm³/mol. The van der Waals surface area contributed by atoms with Crippen molar-refractivity contribution in [1.29, 1.82) is 0 Å². The molecule has 6 heterocycles. The average molecular weight is 999 g/mol. The number of benzene rings is 2. The number of nitrogens with zero attached hydrogens (tertiary/aromatic N) is 2. The van der Waals surface area contributed by atoms with Crippen molar-refractivity contribution >= 4 is 11.8 Å². The number of ether oxygens (including phenoxy) is 4. The van der Waals surface area contributed by atoms with E-state index in [9.17, 15) is 28.6 Å². The summed E-state index contributed by atoms with van der Waals surface area (Å²) in [5, 5.41) is 34.9. The van der Waals surface area contributed by atoms with E-state index in [1.54, 1.807) is 24.3 Å². The standard InChI is InChI=1S/2C28H38FN3O4/c2*1-18(33)32-23(12-19-6-5-7-21(29)10-19)25(34)16-30-24-14-28(8-9-35-17-28)36-26-22(24)11-20(15-31-26)13-27(2,3)4/h2*5-7,10-11,15,23-25,30,34H,8-9,12-14,16-17H2,1-4H3,(H,32,33)/t23-,24-,25+,28+;23-,24-,25+,28-/m00/s1. The molecule has 4 aromatic rings. The molecule has 2 aromatic carbocycles. The molecule has 2 saturated heterocycles. The largest absolute Gasteiger partial charge is 0.468 e. The van der Waals surface area contributed by atoms with Gasteiger partial charge in [0.2, 0.25) is 23.6 Å². The molecule has 2 fully saturated rings. The first kappa shape index (κ1) is 54.7. The first-order valence-electron chi connectivity index (χ1n) is 25.4. The van der Waals surface area contributed by atoms with E-state index in [-0.39, 0.29) is 59.5 Å². The van der Waals surface area contributed by atoms with E-state index >= 15 is 0 Å². The molecule has 2 amide bonds. The molecule has 6 N–H and O–H groups in total. The first-order chi connectivity index (χ1) is 34.0. The van der Waals surface area contributed by atoms with Gasteiger partial charge < -0.3 is 50.4 Å². The molecule has 72 heavy (non-hydrogen) atoms. The van der Waals surface area contributed by atoms with Gasteiger partial charge >= 0.3 is 0 Å². The van der Waals surface area contributed by atoms with Crippen LogP contribution in [0.1, 0.15) is 127 Å². The highest BCUT2D eigenvalue weighted by molar-refractivity contribution is 5.73. The average Bonchev–Trinajstić information content (AvgIpc) is 3.95. The van der Waals surface area contributed by atoms with E-state index in [1.807, 2.05) is 12.4 Å². The molecule has 2 aromatic heterocycles. The van der Waals surface area contributed by atoms with E-state index < -0.39 is 35.5 Å². The Hall–Kier alpha value is -5.10. The maximum absolute atomic E-state index is 13.7. The Labute approximate surface area is 423 Å². The maximum Gasteiger partial charge on any atom is 0.218 e. The highest BCUT2D eigenvalue weighted by Gasteiger charge is 2.46. The normalized spacial score (nSPS) is 23.1. The van der Waals surface area contributed by atoms with E-state index in [0.29, 0.717) is 75.0 Å². The Morgan fingerprint density at radius 1 is 0.653 bits per heavy atom. The monoisotopic (exact) mass is 999 g/mol. The van der Waals surface area contributed by atoms with Gasteiger partial charge in [-0.2, -0.15) is 0 Å². The van der Waals surface area contributed by atoms with Gasteiger partial charge in [0.25, 0.3) is 0 Å². The third kappa shape index (κ3) is 15.5. The summed E-state index contributed by atoms with van der Waals surface area (Å²) in [6.45, 7) is 18.8. The number of aromatic nitrogens is 2. The summed E-state index contributed by atoms with van der Waals surface area (Å²) in [6.07, 6.45) is 7.37. The lowest BCUT2D eigenvalue weighted by Crippen LogP contribution is -2.50. The Balaban J connectivity index is 0.000000211. The summed E-state index contributed by atoms with van der Waals surface area (Å²) in [4.78, 5) is 33.0. The van der Waals surface area contributed by atoms with Gasteiger partial charge in [0.15, 0.2) is 0 Å². The van der Waals surface area contributed by atoms with Gasteiger partial charge in [-0.05, 0) is 95.2 Å². The number of nitrogens with one attached hydrogen (secondary N) is 4. The SMILES string of the molecule is CC(=O)N[C@@H](Cc1cccc(F)c1)[C@H](O)CN[C@H]1C[C@@]2(CCOC2)Oc2ncc(CC(C)(C)C)cc21.CC(=O)N[C@@H](Cc1cccc(F)c1)[C@H](O)CN[C@H]1C[C@]2(CCOC2)Oc2ncc(CC(C)(C)C)cc21. The van der Waals surface area contributed by atoms with Crippen molar-refractivity contribution in [3.63, 3.8) is 0 Å². The second-order valence-corrected chi connectivity index (χ2v) is 22.9. The summed E-state index contributed by atoms with van der Waals surface area (Å²) in [5.74, 6) is 0.0327. The smallest absolute Gasteiger partial charge is 0.218 e. The molecule has 2 spiro atoms. The molecule has 0 unspecified atom stereocenters. The molecule has 0 bridgehead atoms. The van der Waals surface area contributed by atoms with Crippen molar-refractivity contribution in [1.82, 2.24) is 31.2 Å². The molecule has 4 aliphatic rings. The Morgan fingerprint density at radius 3 is 1.39 bits per heavy atom. The number of hydrogen-bond donors (Lipinski definition) is 6. The topological polar surface area (TPSA) is 185 Å². The molecule has 8 atom stereocenters. The van der Waals surface area contributed by atoms with Crippen LogP contribution in [0.4, 0.5) is 8.78 Å².